The molecule has 0 radical (unpaired) electrons. The van der Waals surface area contributed by atoms with E-state index in [1.54, 1.807) is 17.8 Å². The van der Waals surface area contributed by atoms with Gasteiger partial charge in [0.05, 0.1) is 11.4 Å². The standard InChI is InChI=1S/C27H28N4O6S/c1-30-20-7-4-5-8-22(20)38-23-14-18(10-11-21(23)30)13-19(15-28)27(37)29-12-6-2-3-9-24(32)31(16-25(33)34)17-26(35)36/h4-5,7-8,10-11,13-14H,2-3,6,9,12,16-17H2,1H3,(H,29,37)(H,33,34)(H,35,36)/b19-13+. The molecule has 198 valence electrons. The highest BCUT2D eigenvalue weighted by atomic mass is 32.2. The van der Waals surface area contributed by atoms with Crippen LogP contribution in [-0.4, -0.2) is 65.5 Å². The van der Waals surface area contributed by atoms with Crippen LogP contribution >= 0.6 is 11.8 Å². The molecule has 0 spiro atoms. The first-order valence-electron chi connectivity index (χ1n) is 12.0. The average molecular weight is 537 g/mol. The van der Waals surface area contributed by atoms with Crippen molar-refractivity contribution >= 4 is 53.0 Å². The maximum absolute atomic E-state index is 12.5. The van der Waals surface area contributed by atoms with Crippen molar-refractivity contribution in [1.29, 1.82) is 5.26 Å². The maximum atomic E-state index is 12.5. The summed E-state index contributed by atoms with van der Waals surface area (Å²) in [6, 6.07) is 15.8. The van der Waals surface area contributed by atoms with Crippen LogP contribution in [0.15, 0.2) is 57.8 Å². The van der Waals surface area contributed by atoms with E-state index in [1.807, 2.05) is 49.5 Å². The Hall–Kier alpha value is -4.30. The van der Waals surface area contributed by atoms with Gasteiger partial charge in [-0.25, -0.2) is 0 Å². The minimum absolute atomic E-state index is 0.00780. The summed E-state index contributed by atoms with van der Waals surface area (Å²) >= 11 is 1.63. The monoisotopic (exact) mass is 536 g/mol. The quantitative estimate of drug-likeness (QED) is 0.210. The number of carbonyl (C=O) groups is 4. The van der Waals surface area contributed by atoms with E-state index in [9.17, 15) is 24.4 Å². The lowest BCUT2D eigenvalue weighted by Crippen LogP contribution is -2.39. The van der Waals surface area contributed by atoms with Crippen molar-refractivity contribution in [1.82, 2.24) is 10.2 Å². The summed E-state index contributed by atoms with van der Waals surface area (Å²) in [4.78, 5) is 51.3. The number of anilines is 2. The van der Waals surface area contributed by atoms with Crippen LogP contribution in [0, 0.1) is 11.3 Å². The number of unbranched alkanes of at least 4 members (excludes halogenated alkanes) is 2. The van der Waals surface area contributed by atoms with Gasteiger partial charge in [-0.15, -0.1) is 0 Å². The molecule has 11 heteroatoms. The van der Waals surface area contributed by atoms with Crippen LogP contribution in [0.3, 0.4) is 0 Å². The van der Waals surface area contributed by atoms with Crippen LogP contribution in [0.1, 0.15) is 31.2 Å². The molecule has 2 aromatic rings. The third kappa shape index (κ3) is 7.60. The zero-order chi connectivity index (χ0) is 27.7. The number of aliphatic carboxylic acids is 2. The van der Waals surface area contributed by atoms with E-state index in [0.717, 1.165) is 31.6 Å². The molecule has 0 aliphatic carbocycles. The highest BCUT2D eigenvalue weighted by Gasteiger charge is 2.21. The Kier molecular flexibility index (Phi) is 9.90. The van der Waals surface area contributed by atoms with E-state index in [0.29, 0.717) is 25.8 Å². The Balaban J connectivity index is 1.49. The van der Waals surface area contributed by atoms with E-state index < -0.39 is 36.8 Å². The number of carbonyl (C=O) groups excluding carboxylic acids is 2. The number of para-hydroxylation sites is 1. The number of amides is 2. The Morgan fingerprint density at radius 1 is 1.00 bits per heavy atom. The van der Waals surface area contributed by atoms with Gasteiger partial charge in [-0.05, 0) is 48.7 Å². The molecule has 2 aromatic carbocycles. The molecule has 2 amide bonds. The average Bonchev–Trinajstić information content (AvgIpc) is 2.88. The minimum atomic E-state index is -1.28. The molecule has 3 rings (SSSR count). The molecule has 0 bridgehead atoms. The molecule has 3 N–H and O–H groups in total. The molecule has 0 saturated carbocycles. The van der Waals surface area contributed by atoms with Crippen molar-refractivity contribution in [2.75, 3.05) is 31.6 Å². The van der Waals surface area contributed by atoms with Gasteiger partial charge in [-0.2, -0.15) is 5.26 Å². The fraction of sp³-hybridized carbons (Fsp3) is 0.296. The normalized spacial score (nSPS) is 12.1. The summed E-state index contributed by atoms with van der Waals surface area (Å²) in [6.07, 6.45) is 3.07. The molecule has 1 aliphatic rings. The highest BCUT2D eigenvalue weighted by Crippen LogP contribution is 2.47. The minimum Gasteiger partial charge on any atom is -0.480 e. The second-order valence-electron chi connectivity index (χ2n) is 8.63. The summed E-state index contributed by atoms with van der Waals surface area (Å²) in [6.45, 7) is -1.05. The van der Waals surface area contributed by atoms with Gasteiger partial charge >= 0.3 is 11.9 Å². The molecule has 10 nitrogen and oxygen atoms in total. The molecule has 1 heterocycles. The highest BCUT2D eigenvalue weighted by molar-refractivity contribution is 7.99. The lowest BCUT2D eigenvalue weighted by Gasteiger charge is -2.29. The van der Waals surface area contributed by atoms with Gasteiger partial charge in [-0.3, -0.25) is 19.2 Å². The molecular formula is C27H28N4O6S. The first kappa shape index (κ1) is 28.3. The number of hydrogen-bond acceptors (Lipinski definition) is 7. The maximum Gasteiger partial charge on any atom is 0.323 e. The summed E-state index contributed by atoms with van der Waals surface area (Å²) in [5.41, 5.74) is 2.88. The molecular weight excluding hydrogens is 508 g/mol. The van der Waals surface area contributed by atoms with Gasteiger partial charge < -0.3 is 25.3 Å². The van der Waals surface area contributed by atoms with Crippen molar-refractivity contribution in [3.63, 3.8) is 0 Å². The summed E-state index contributed by atoms with van der Waals surface area (Å²) < 4.78 is 0. The predicted molar refractivity (Wildman–Crippen MR) is 142 cm³/mol. The molecule has 0 saturated heterocycles. The third-order valence-corrected chi connectivity index (χ3v) is 6.94. The van der Waals surface area contributed by atoms with Crippen molar-refractivity contribution in [2.45, 2.75) is 35.5 Å². The van der Waals surface area contributed by atoms with Gasteiger partial charge in [0.1, 0.15) is 24.7 Å². The van der Waals surface area contributed by atoms with Crippen molar-refractivity contribution in [3.05, 3.63) is 53.6 Å². The SMILES string of the molecule is CN1c2ccccc2Sc2cc(/C=C(\C#N)C(=O)NCCCCCC(=O)N(CC(=O)O)CC(=O)O)ccc21. The fourth-order valence-electron chi connectivity index (χ4n) is 3.96. The number of fused-ring (bicyclic) bond motifs is 2. The van der Waals surface area contributed by atoms with Crippen LogP contribution in [-0.2, 0) is 19.2 Å². The molecule has 0 atom stereocenters. The van der Waals surface area contributed by atoms with Crippen LogP contribution < -0.4 is 10.2 Å². The molecule has 0 fully saturated rings. The first-order chi connectivity index (χ1) is 18.2. The second kappa shape index (κ2) is 13.3. The Morgan fingerprint density at radius 2 is 1.68 bits per heavy atom. The smallest absolute Gasteiger partial charge is 0.323 e. The van der Waals surface area contributed by atoms with Crippen molar-refractivity contribution in [3.8, 4) is 6.07 Å². The largest absolute Gasteiger partial charge is 0.480 e. The zero-order valence-electron chi connectivity index (χ0n) is 20.8. The summed E-state index contributed by atoms with van der Waals surface area (Å²) in [5.74, 6) is -3.61. The van der Waals surface area contributed by atoms with Crippen LogP contribution in [0.2, 0.25) is 0 Å². The van der Waals surface area contributed by atoms with Gasteiger partial charge in [0.25, 0.3) is 5.91 Å². The number of nitrogens with one attached hydrogen (secondary N) is 1. The third-order valence-electron chi connectivity index (χ3n) is 5.83. The van der Waals surface area contributed by atoms with E-state index in [4.69, 9.17) is 10.2 Å². The zero-order valence-corrected chi connectivity index (χ0v) is 21.7. The Labute approximate surface area is 224 Å². The van der Waals surface area contributed by atoms with Gasteiger partial charge in [0, 0.05) is 29.8 Å². The van der Waals surface area contributed by atoms with E-state index in [2.05, 4.69) is 16.3 Å². The van der Waals surface area contributed by atoms with Crippen LogP contribution in [0.4, 0.5) is 11.4 Å². The number of nitriles is 1. The Morgan fingerprint density at radius 3 is 2.37 bits per heavy atom. The van der Waals surface area contributed by atoms with Gasteiger partial charge in [0.15, 0.2) is 0 Å². The number of benzene rings is 2. The molecule has 1 aliphatic heterocycles. The van der Waals surface area contributed by atoms with Crippen LogP contribution in [0.5, 0.6) is 0 Å². The predicted octanol–water partition coefficient (Wildman–Crippen LogP) is 3.50. The number of nitrogens with zero attached hydrogens (tertiary/aromatic N) is 3. The van der Waals surface area contributed by atoms with Crippen molar-refractivity contribution < 1.29 is 29.4 Å². The number of hydrogen-bond donors (Lipinski definition) is 3. The van der Waals surface area contributed by atoms with Gasteiger partial charge in [0.2, 0.25) is 5.91 Å². The fourth-order valence-corrected chi connectivity index (χ4v) is 5.15. The number of carboxylic acids is 2. The number of rotatable bonds is 12. The second-order valence-corrected chi connectivity index (χ2v) is 9.71. The molecule has 38 heavy (non-hydrogen) atoms. The van der Waals surface area contributed by atoms with Crippen LogP contribution in [0.25, 0.3) is 6.08 Å². The lowest BCUT2D eigenvalue weighted by atomic mass is 10.1. The number of carboxylic acid groups (broad SMARTS) is 2. The summed E-state index contributed by atoms with van der Waals surface area (Å²) in [5, 5.41) is 29.9. The topological polar surface area (TPSA) is 151 Å². The van der Waals surface area contributed by atoms with E-state index in [1.165, 1.54) is 0 Å². The molecule has 0 aromatic heterocycles. The van der Waals surface area contributed by atoms with E-state index in [-0.39, 0.29) is 12.0 Å². The molecule has 0 unspecified atom stereocenters. The summed E-state index contributed by atoms with van der Waals surface area (Å²) in [7, 11) is 2.00. The lowest BCUT2D eigenvalue weighted by molar-refractivity contribution is -0.149. The first-order valence-corrected chi connectivity index (χ1v) is 12.8. The van der Waals surface area contributed by atoms with E-state index >= 15 is 0 Å². The Bertz CT molecular complexity index is 1290. The van der Waals surface area contributed by atoms with Crippen molar-refractivity contribution in [2.24, 2.45) is 0 Å². The van der Waals surface area contributed by atoms with Gasteiger partial charge in [-0.1, -0.05) is 36.4 Å².